The number of benzene rings is 2. The Balaban J connectivity index is 1.37. The quantitative estimate of drug-likeness (QED) is 0.644. The first-order valence-electron chi connectivity index (χ1n) is 11.1. The minimum absolute atomic E-state index is 0.109. The predicted molar refractivity (Wildman–Crippen MR) is 123 cm³/mol. The van der Waals surface area contributed by atoms with Crippen LogP contribution in [0.25, 0.3) is 0 Å². The van der Waals surface area contributed by atoms with Crippen LogP contribution in [0, 0.1) is 11.3 Å². The standard InChI is InChI=1S/C24H28N4O4S/c1-32-21-8-10-22(11-9-21)33(30,31)28-12-2-3-23(28)24(29)27-15-13-26(14-16-27)18-20-6-4-19(17-25)5-7-20/h4-11,23H,2-3,12-16,18H2,1H3/t23-/m1/s1. The van der Waals surface area contributed by atoms with Gasteiger partial charge in [0.05, 0.1) is 23.6 Å². The number of hydrogen-bond acceptors (Lipinski definition) is 6. The number of nitrogens with zero attached hydrogens (tertiary/aromatic N) is 4. The van der Waals surface area contributed by atoms with Gasteiger partial charge in [-0.2, -0.15) is 9.57 Å². The van der Waals surface area contributed by atoms with Gasteiger partial charge in [-0.05, 0) is 54.8 Å². The molecule has 2 aromatic carbocycles. The van der Waals surface area contributed by atoms with Crippen LogP contribution in [0.4, 0.5) is 0 Å². The van der Waals surface area contributed by atoms with Gasteiger partial charge >= 0.3 is 0 Å². The molecule has 2 aliphatic heterocycles. The van der Waals surface area contributed by atoms with Crippen molar-refractivity contribution in [2.75, 3.05) is 39.8 Å². The lowest BCUT2D eigenvalue weighted by Gasteiger charge is -2.37. The zero-order chi connectivity index (χ0) is 23.4. The van der Waals surface area contributed by atoms with Crippen LogP contribution in [-0.2, 0) is 21.4 Å². The molecule has 174 valence electrons. The van der Waals surface area contributed by atoms with Crippen molar-refractivity contribution >= 4 is 15.9 Å². The van der Waals surface area contributed by atoms with Crippen LogP contribution >= 0.6 is 0 Å². The van der Waals surface area contributed by atoms with Gasteiger partial charge in [0, 0.05) is 39.3 Å². The molecule has 0 radical (unpaired) electrons. The van der Waals surface area contributed by atoms with Crippen LogP contribution < -0.4 is 4.74 Å². The van der Waals surface area contributed by atoms with Crippen molar-refractivity contribution in [3.8, 4) is 11.8 Å². The Labute approximate surface area is 195 Å². The van der Waals surface area contributed by atoms with Crippen LogP contribution in [0.15, 0.2) is 53.4 Å². The van der Waals surface area contributed by atoms with Crippen LogP contribution in [0.5, 0.6) is 5.75 Å². The van der Waals surface area contributed by atoms with Crippen molar-refractivity contribution in [2.24, 2.45) is 0 Å². The van der Waals surface area contributed by atoms with E-state index in [0.717, 1.165) is 25.2 Å². The molecule has 0 saturated carbocycles. The summed E-state index contributed by atoms with van der Waals surface area (Å²) in [6.45, 7) is 3.70. The van der Waals surface area contributed by atoms with Gasteiger partial charge in [0.2, 0.25) is 15.9 Å². The average molecular weight is 469 g/mol. The van der Waals surface area contributed by atoms with Gasteiger partial charge in [-0.1, -0.05) is 12.1 Å². The first-order chi connectivity index (χ1) is 15.9. The van der Waals surface area contributed by atoms with Gasteiger partial charge in [-0.3, -0.25) is 9.69 Å². The van der Waals surface area contributed by atoms with E-state index in [1.807, 2.05) is 24.3 Å². The summed E-state index contributed by atoms with van der Waals surface area (Å²) in [5, 5.41) is 8.93. The lowest BCUT2D eigenvalue weighted by Crippen LogP contribution is -2.54. The van der Waals surface area contributed by atoms with Crippen LogP contribution in [0.1, 0.15) is 24.0 Å². The molecule has 8 nitrogen and oxygen atoms in total. The second-order valence-electron chi connectivity index (χ2n) is 8.36. The minimum Gasteiger partial charge on any atom is -0.497 e. The van der Waals surface area contributed by atoms with Crippen molar-refractivity contribution in [3.05, 3.63) is 59.7 Å². The number of carbonyl (C=O) groups excluding carboxylic acids is 1. The van der Waals surface area contributed by atoms with Crippen LogP contribution in [0.2, 0.25) is 0 Å². The van der Waals surface area contributed by atoms with Gasteiger partial charge in [-0.15, -0.1) is 0 Å². The molecule has 0 unspecified atom stereocenters. The molecule has 2 heterocycles. The lowest BCUT2D eigenvalue weighted by atomic mass is 10.1. The highest BCUT2D eigenvalue weighted by molar-refractivity contribution is 7.89. The lowest BCUT2D eigenvalue weighted by molar-refractivity contribution is -0.136. The number of sulfonamides is 1. The predicted octanol–water partition coefficient (Wildman–Crippen LogP) is 2.06. The second kappa shape index (κ2) is 9.91. The summed E-state index contributed by atoms with van der Waals surface area (Å²) in [6, 6.07) is 15.3. The molecular weight excluding hydrogens is 440 g/mol. The fourth-order valence-electron chi connectivity index (χ4n) is 4.44. The molecule has 4 rings (SSSR count). The number of amides is 1. The fourth-order valence-corrected chi connectivity index (χ4v) is 6.09. The van der Waals surface area contributed by atoms with E-state index in [4.69, 9.17) is 10.00 Å². The van der Waals surface area contributed by atoms with Crippen molar-refractivity contribution in [3.63, 3.8) is 0 Å². The number of ether oxygens (including phenoxy) is 1. The summed E-state index contributed by atoms with van der Waals surface area (Å²) in [5.41, 5.74) is 1.77. The molecule has 1 atom stereocenters. The maximum Gasteiger partial charge on any atom is 0.243 e. The highest BCUT2D eigenvalue weighted by Crippen LogP contribution is 2.28. The van der Waals surface area contributed by atoms with Crippen molar-refractivity contribution in [2.45, 2.75) is 30.3 Å². The summed E-state index contributed by atoms with van der Waals surface area (Å²) in [6.07, 6.45) is 1.21. The Morgan fingerprint density at radius 2 is 1.70 bits per heavy atom. The van der Waals surface area contributed by atoms with Crippen LogP contribution in [-0.4, -0.2) is 74.3 Å². The molecule has 2 saturated heterocycles. The van der Waals surface area contributed by atoms with Crippen molar-refractivity contribution in [1.82, 2.24) is 14.1 Å². The molecule has 9 heteroatoms. The van der Waals surface area contributed by atoms with Gasteiger partial charge in [-0.25, -0.2) is 8.42 Å². The molecule has 0 aromatic heterocycles. The summed E-state index contributed by atoms with van der Waals surface area (Å²) < 4.78 is 32.9. The van der Waals surface area contributed by atoms with E-state index >= 15 is 0 Å². The molecule has 2 aromatic rings. The minimum atomic E-state index is -3.76. The molecular formula is C24H28N4O4S. The topological polar surface area (TPSA) is 93.9 Å². The highest BCUT2D eigenvalue weighted by atomic mass is 32.2. The number of piperazine rings is 1. The Hall–Kier alpha value is -2.93. The number of methoxy groups -OCH3 is 1. The molecule has 0 bridgehead atoms. The first kappa shape index (κ1) is 23.2. The van der Waals surface area contributed by atoms with Crippen molar-refractivity contribution in [1.29, 1.82) is 5.26 Å². The Kier molecular flexibility index (Phi) is 6.98. The monoisotopic (exact) mass is 468 g/mol. The summed E-state index contributed by atoms with van der Waals surface area (Å²) in [7, 11) is -2.23. The molecule has 33 heavy (non-hydrogen) atoms. The number of nitriles is 1. The molecule has 0 aliphatic carbocycles. The maximum absolute atomic E-state index is 13.3. The first-order valence-corrected chi connectivity index (χ1v) is 12.5. The molecule has 2 fully saturated rings. The van der Waals surface area contributed by atoms with Gasteiger partial charge in [0.15, 0.2) is 0 Å². The van der Waals surface area contributed by atoms with Gasteiger partial charge in [0.1, 0.15) is 11.8 Å². The van der Waals surface area contributed by atoms with E-state index in [-0.39, 0.29) is 10.8 Å². The Morgan fingerprint density at radius 1 is 1.03 bits per heavy atom. The summed E-state index contributed by atoms with van der Waals surface area (Å²) in [4.78, 5) is 17.5. The highest BCUT2D eigenvalue weighted by Gasteiger charge is 2.41. The van der Waals surface area contributed by atoms with E-state index in [1.54, 1.807) is 17.0 Å². The third kappa shape index (κ3) is 5.03. The summed E-state index contributed by atoms with van der Waals surface area (Å²) in [5.74, 6) is 0.476. The molecule has 0 spiro atoms. The van der Waals surface area contributed by atoms with E-state index in [0.29, 0.717) is 43.8 Å². The fraction of sp³-hybridized carbons (Fsp3) is 0.417. The number of hydrogen-bond donors (Lipinski definition) is 0. The maximum atomic E-state index is 13.3. The number of rotatable bonds is 6. The Morgan fingerprint density at radius 3 is 2.30 bits per heavy atom. The second-order valence-corrected chi connectivity index (χ2v) is 10.3. The summed E-state index contributed by atoms with van der Waals surface area (Å²) >= 11 is 0. The smallest absolute Gasteiger partial charge is 0.243 e. The van der Waals surface area contributed by atoms with Gasteiger partial charge < -0.3 is 9.64 Å². The zero-order valence-electron chi connectivity index (χ0n) is 18.7. The van der Waals surface area contributed by atoms with E-state index in [9.17, 15) is 13.2 Å². The molecule has 2 aliphatic rings. The molecule has 0 N–H and O–H groups in total. The zero-order valence-corrected chi connectivity index (χ0v) is 19.5. The molecule has 1 amide bonds. The largest absolute Gasteiger partial charge is 0.497 e. The SMILES string of the molecule is COc1ccc(S(=O)(=O)N2CCC[C@@H]2C(=O)N2CCN(Cc3ccc(C#N)cc3)CC2)cc1. The van der Waals surface area contributed by atoms with Crippen LogP contribution in [0.3, 0.4) is 0 Å². The van der Waals surface area contributed by atoms with Gasteiger partial charge in [0.25, 0.3) is 0 Å². The van der Waals surface area contributed by atoms with E-state index in [2.05, 4.69) is 11.0 Å². The van der Waals surface area contributed by atoms with E-state index < -0.39 is 16.1 Å². The average Bonchev–Trinajstić information content (AvgIpc) is 3.36. The third-order valence-electron chi connectivity index (χ3n) is 6.33. The Bertz CT molecular complexity index is 1120. The van der Waals surface area contributed by atoms with Crippen molar-refractivity contribution < 1.29 is 17.9 Å². The van der Waals surface area contributed by atoms with E-state index in [1.165, 1.54) is 23.5 Å². The normalized spacial score (nSPS) is 19.9. The third-order valence-corrected chi connectivity index (χ3v) is 8.25. The number of carbonyl (C=O) groups is 1.